The molecule has 0 unspecified atom stereocenters. The Balaban J connectivity index is 3.57. The number of aliphatic imine (C=N–C) groups is 1. The van der Waals surface area contributed by atoms with Crippen molar-refractivity contribution < 1.29 is 0 Å². The quantitative estimate of drug-likeness (QED) is 0.444. The van der Waals surface area contributed by atoms with Crippen molar-refractivity contribution in [1.29, 1.82) is 0 Å². The van der Waals surface area contributed by atoms with E-state index >= 15 is 0 Å². The van der Waals surface area contributed by atoms with Gasteiger partial charge in [-0.1, -0.05) is 13.8 Å². The van der Waals surface area contributed by atoms with E-state index in [1.165, 1.54) is 0 Å². The van der Waals surface area contributed by atoms with Gasteiger partial charge in [-0.15, -0.1) is 11.8 Å². The average molecular weight is 158 g/mol. The molecule has 59 valence electrons. The van der Waals surface area contributed by atoms with Crippen LogP contribution < -0.4 is 0 Å². The third-order valence-corrected chi connectivity index (χ3v) is 1.34. The molecule has 0 bridgehead atoms. The predicted octanol–water partition coefficient (Wildman–Crippen LogP) is 2.83. The van der Waals surface area contributed by atoms with Crippen LogP contribution in [-0.4, -0.2) is 16.3 Å². The first kappa shape index (κ1) is 10.0. The van der Waals surface area contributed by atoms with Gasteiger partial charge < -0.3 is 0 Å². The molecule has 0 aromatic carbocycles. The van der Waals surface area contributed by atoms with Crippen LogP contribution in [0, 0.1) is 0 Å². The Bertz CT molecular complexity index is 111. The SMILES string of the molecule is CC(C)S[C]=NC(C)(C)C. The van der Waals surface area contributed by atoms with Crippen molar-refractivity contribution in [3.05, 3.63) is 0 Å². The van der Waals surface area contributed by atoms with E-state index in [1.54, 1.807) is 11.8 Å². The maximum Gasteiger partial charge on any atom is 0.123 e. The number of rotatable bonds is 2. The summed E-state index contributed by atoms with van der Waals surface area (Å²) < 4.78 is 0. The molecular formula is C8H16NS. The number of hydrogen-bond donors (Lipinski definition) is 0. The van der Waals surface area contributed by atoms with Crippen molar-refractivity contribution in [3.63, 3.8) is 0 Å². The third-order valence-electron chi connectivity index (χ3n) is 0.669. The van der Waals surface area contributed by atoms with Crippen LogP contribution in [0.4, 0.5) is 0 Å². The molecule has 0 spiro atoms. The number of hydrogen-bond acceptors (Lipinski definition) is 2. The molecule has 0 saturated carbocycles. The molecule has 0 aliphatic rings. The van der Waals surface area contributed by atoms with E-state index in [1.807, 2.05) is 0 Å². The van der Waals surface area contributed by atoms with Gasteiger partial charge >= 0.3 is 0 Å². The van der Waals surface area contributed by atoms with E-state index in [2.05, 4.69) is 45.2 Å². The summed E-state index contributed by atoms with van der Waals surface area (Å²) in [5.41, 5.74) is 3.00. The van der Waals surface area contributed by atoms with Crippen LogP contribution in [0.15, 0.2) is 4.99 Å². The van der Waals surface area contributed by atoms with Gasteiger partial charge in [-0.25, -0.2) is 0 Å². The van der Waals surface area contributed by atoms with Gasteiger partial charge in [0.2, 0.25) is 0 Å². The first-order chi connectivity index (χ1) is 4.42. The molecule has 10 heavy (non-hydrogen) atoms. The minimum Gasteiger partial charge on any atom is -0.270 e. The van der Waals surface area contributed by atoms with Crippen LogP contribution in [0.25, 0.3) is 0 Å². The fourth-order valence-corrected chi connectivity index (χ4v) is 0.806. The second-order valence-electron chi connectivity index (χ2n) is 3.54. The third kappa shape index (κ3) is 8.02. The Hall–Kier alpha value is 0.0200. The highest BCUT2D eigenvalue weighted by atomic mass is 32.2. The van der Waals surface area contributed by atoms with Gasteiger partial charge in [-0.3, -0.25) is 4.99 Å². The van der Waals surface area contributed by atoms with Crippen LogP contribution in [0.1, 0.15) is 34.6 Å². The maximum atomic E-state index is 4.21. The van der Waals surface area contributed by atoms with Gasteiger partial charge in [0.1, 0.15) is 5.55 Å². The zero-order chi connectivity index (χ0) is 8.20. The molecule has 0 rings (SSSR count). The lowest BCUT2D eigenvalue weighted by atomic mass is 10.1. The molecule has 0 aliphatic carbocycles. The van der Waals surface area contributed by atoms with Crippen LogP contribution in [0.5, 0.6) is 0 Å². The lowest BCUT2D eigenvalue weighted by Gasteiger charge is -2.09. The van der Waals surface area contributed by atoms with Crippen molar-refractivity contribution in [1.82, 2.24) is 0 Å². The molecular weight excluding hydrogens is 142 g/mol. The fourth-order valence-electron chi connectivity index (χ4n) is 0.269. The molecule has 2 heteroatoms. The molecule has 0 N–H and O–H groups in total. The van der Waals surface area contributed by atoms with Crippen molar-refractivity contribution in [3.8, 4) is 0 Å². The zero-order valence-electron chi connectivity index (χ0n) is 7.43. The van der Waals surface area contributed by atoms with Gasteiger partial charge in [0.25, 0.3) is 0 Å². The van der Waals surface area contributed by atoms with E-state index in [-0.39, 0.29) is 5.54 Å². The maximum absolute atomic E-state index is 4.21. The van der Waals surface area contributed by atoms with E-state index in [9.17, 15) is 0 Å². The second-order valence-corrected chi connectivity index (χ2v) is 4.90. The van der Waals surface area contributed by atoms with Gasteiger partial charge in [-0.2, -0.15) is 0 Å². The summed E-state index contributed by atoms with van der Waals surface area (Å²) in [4.78, 5) is 4.21. The lowest BCUT2D eigenvalue weighted by Crippen LogP contribution is -2.09. The largest absolute Gasteiger partial charge is 0.270 e. The van der Waals surface area contributed by atoms with E-state index < -0.39 is 0 Å². The summed E-state index contributed by atoms with van der Waals surface area (Å²) in [5, 5.41) is 0.589. The summed E-state index contributed by atoms with van der Waals surface area (Å²) in [6.45, 7) is 10.5. The lowest BCUT2D eigenvalue weighted by molar-refractivity contribution is 0.588. The standard InChI is InChI=1S/C8H16NS/c1-7(2)10-6-9-8(3,4)5/h7H,1-5H3. The number of thioether (sulfide) groups is 1. The molecule has 0 fully saturated rings. The average Bonchev–Trinajstić information content (AvgIpc) is 1.59. The van der Waals surface area contributed by atoms with Crippen LogP contribution in [0.2, 0.25) is 0 Å². The van der Waals surface area contributed by atoms with E-state index in [4.69, 9.17) is 0 Å². The highest BCUT2D eigenvalue weighted by molar-refractivity contribution is 8.12. The summed E-state index contributed by atoms with van der Waals surface area (Å²) in [6.07, 6.45) is 0. The van der Waals surface area contributed by atoms with Gasteiger partial charge in [0.05, 0.1) is 5.54 Å². The van der Waals surface area contributed by atoms with Gasteiger partial charge in [-0.05, 0) is 20.8 Å². The Morgan fingerprint density at radius 1 is 1.30 bits per heavy atom. The van der Waals surface area contributed by atoms with E-state index in [0.717, 1.165) is 0 Å². The van der Waals surface area contributed by atoms with Crippen LogP contribution in [-0.2, 0) is 0 Å². The molecule has 0 amide bonds. The number of nitrogens with zero attached hydrogens (tertiary/aromatic N) is 1. The molecule has 0 aromatic heterocycles. The molecule has 0 atom stereocenters. The van der Waals surface area contributed by atoms with Crippen molar-refractivity contribution in [2.45, 2.75) is 45.4 Å². The summed E-state index contributed by atoms with van der Waals surface area (Å²) in [6, 6.07) is 0. The van der Waals surface area contributed by atoms with E-state index in [0.29, 0.717) is 5.25 Å². The molecule has 0 saturated heterocycles. The minimum absolute atomic E-state index is 0.0297. The Morgan fingerprint density at radius 3 is 2.10 bits per heavy atom. The molecule has 0 aliphatic heterocycles. The molecule has 0 heterocycles. The van der Waals surface area contributed by atoms with Gasteiger partial charge in [0, 0.05) is 5.25 Å². The first-order valence-electron chi connectivity index (χ1n) is 3.54. The summed E-state index contributed by atoms with van der Waals surface area (Å²) in [5.74, 6) is 0. The van der Waals surface area contributed by atoms with Crippen LogP contribution in [0.3, 0.4) is 0 Å². The summed E-state index contributed by atoms with van der Waals surface area (Å²) in [7, 11) is 0. The van der Waals surface area contributed by atoms with Crippen LogP contribution >= 0.6 is 11.8 Å². The monoisotopic (exact) mass is 158 g/mol. The molecule has 1 nitrogen and oxygen atoms in total. The topological polar surface area (TPSA) is 12.4 Å². The normalized spacial score (nSPS) is 13.4. The Morgan fingerprint density at radius 2 is 1.80 bits per heavy atom. The van der Waals surface area contributed by atoms with Crippen molar-refractivity contribution in [2.75, 3.05) is 0 Å². The fraction of sp³-hybridized carbons (Fsp3) is 0.875. The first-order valence-corrected chi connectivity index (χ1v) is 4.42. The Labute approximate surface area is 68.3 Å². The minimum atomic E-state index is 0.0297. The Kier molecular flexibility index (Phi) is 4.02. The molecule has 0 aromatic rings. The summed E-state index contributed by atoms with van der Waals surface area (Å²) >= 11 is 1.64. The van der Waals surface area contributed by atoms with Crippen molar-refractivity contribution >= 4 is 17.3 Å². The van der Waals surface area contributed by atoms with Gasteiger partial charge in [0.15, 0.2) is 0 Å². The molecule has 1 radical (unpaired) electrons. The predicted molar refractivity (Wildman–Crippen MR) is 49.9 cm³/mol. The highest BCUT2D eigenvalue weighted by Gasteiger charge is 2.04. The second kappa shape index (κ2) is 4.02. The smallest absolute Gasteiger partial charge is 0.123 e. The highest BCUT2D eigenvalue weighted by Crippen LogP contribution is 2.10. The van der Waals surface area contributed by atoms with Crippen molar-refractivity contribution in [2.24, 2.45) is 4.99 Å². The zero-order valence-corrected chi connectivity index (χ0v) is 8.25.